The monoisotopic (exact) mass is 705 g/mol. The Hall–Kier alpha value is -3.83. The lowest BCUT2D eigenvalue weighted by atomic mass is 10.1. The molecule has 47 heavy (non-hydrogen) atoms. The standard InChI is InChI=1S/C31H31N9O3S4/c1-16-9-24-33-12-18(13-39(24)36-16)31-35-29-27(47-31)26(28(32)42)37-40(29)14-25(41)38-6-2-7-43-15-20(38)30(44)34-19-4-3-17(10-19)22-11-23-21(46-22)5-8-45-23/h5,8-9,11-13,17,19-20H,2-4,6-7,10,14-15H2,1H3,(H2,32,42)(H,34,44)/t17?,19?,20-/m0/s1. The minimum atomic E-state index is -0.684. The Morgan fingerprint density at radius 3 is 2.94 bits per heavy atom. The molecule has 12 nitrogen and oxygen atoms in total. The minimum Gasteiger partial charge on any atom is -0.379 e. The third-order valence-electron chi connectivity index (χ3n) is 8.79. The average Bonchev–Trinajstić information content (AvgIpc) is 3.87. The van der Waals surface area contributed by atoms with Crippen LogP contribution < -0.4 is 11.1 Å². The number of carbonyl (C=O) groups is 2. The number of nitrogens with one attached hydrogen (secondary N) is 1. The van der Waals surface area contributed by atoms with Crippen LogP contribution in [0.1, 0.15) is 52.7 Å². The van der Waals surface area contributed by atoms with E-state index in [4.69, 9.17) is 27.7 Å². The predicted molar refractivity (Wildman–Crippen MR) is 187 cm³/mol. The van der Waals surface area contributed by atoms with E-state index in [1.54, 1.807) is 26.9 Å². The lowest BCUT2D eigenvalue weighted by molar-refractivity contribution is -0.133. The van der Waals surface area contributed by atoms with Crippen molar-refractivity contribution in [1.29, 1.82) is 0 Å². The van der Waals surface area contributed by atoms with E-state index in [0.717, 1.165) is 36.2 Å². The van der Waals surface area contributed by atoms with E-state index in [-0.39, 0.29) is 24.2 Å². The topological polar surface area (TPSA) is 146 Å². The van der Waals surface area contributed by atoms with Gasteiger partial charge in [0.05, 0.1) is 12.3 Å². The van der Waals surface area contributed by atoms with E-state index in [9.17, 15) is 9.59 Å². The summed E-state index contributed by atoms with van der Waals surface area (Å²) >= 11 is 10.9. The van der Waals surface area contributed by atoms with Crippen LogP contribution in [0.4, 0.5) is 0 Å². The quantitative estimate of drug-likeness (QED) is 0.225. The predicted octanol–water partition coefficient (Wildman–Crippen LogP) is 4.76. The van der Waals surface area contributed by atoms with Crippen LogP contribution in [0.15, 0.2) is 36.0 Å². The summed E-state index contributed by atoms with van der Waals surface area (Å²) in [7, 11) is 0. The Bertz CT molecular complexity index is 2130. The van der Waals surface area contributed by atoms with Crippen LogP contribution >= 0.6 is 46.2 Å². The molecule has 0 aromatic carbocycles. The number of primary amides is 1. The molecular weight excluding hydrogens is 675 g/mol. The van der Waals surface area contributed by atoms with Gasteiger partial charge in [-0.25, -0.2) is 19.2 Å². The van der Waals surface area contributed by atoms with E-state index in [0.29, 0.717) is 52.4 Å². The summed E-state index contributed by atoms with van der Waals surface area (Å²) in [6.07, 6.45) is 7.38. The molecule has 2 amide bonds. The molecule has 1 saturated carbocycles. The number of fused-ring (bicyclic) bond motifs is 3. The Labute approximate surface area is 286 Å². The van der Waals surface area contributed by atoms with E-state index >= 15 is 0 Å². The first-order chi connectivity index (χ1) is 22.8. The fourth-order valence-electron chi connectivity index (χ4n) is 6.52. The normalized spacial score (nSPS) is 20.4. The van der Waals surface area contributed by atoms with Crippen LogP contribution in [0.5, 0.6) is 0 Å². The molecule has 7 heterocycles. The molecule has 0 radical (unpaired) electrons. The van der Waals surface area contributed by atoms with Gasteiger partial charge >= 0.3 is 0 Å². The highest BCUT2D eigenvalue weighted by molar-refractivity contribution is 7.80. The second-order valence-electron chi connectivity index (χ2n) is 12.0. The molecule has 0 bridgehead atoms. The number of thiophene rings is 2. The summed E-state index contributed by atoms with van der Waals surface area (Å²) in [5.74, 6) is -0.358. The first-order valence-electron chi connectivity index (χ1n) is 15.4. The van der Waals surface area contributed by atoms with E-state index in [1.807, 2.05) is 30.5 Å². The van der Waals surface area contributed by atoms with Crippen molar-refractivity contribution < 1.29 is 14.3 Å². The maximum atomic E-state index is 14.0. The highest BCUT2D eigenvalue weighted by Gasteiger charge is 2.34. The Balaban J connectivity index is 1.01. The van der Waals surface area contributed by atoms with Crippen LogP contribution in [0.25, 0.3) is 36.0 Å². The lowest BCUT2D eigenvalue weighted by Crippen LogP contribution is -2.53. The van der Waals surface area contributed by atoms with Crippen molar-refractivity contribution in [2.45, 2.75) is 57.2 Å². The van der Waals surface area contributed by atoms with Crippen molar-refractivity contribution in [2.24, 2.45) is 5.73 Å². The number of hydrogen-bond donors (Lipinski definition) is 2. The van der Waals surface area contributed by atoms with Gasteiger partial charge in [-0.05, 0) is 56.0 Å². The molecular formula is C31H31N9O3S4. The summed E-state index contributed by atoms with van der Waals surface area (Å²) in [5, 5.41) is 15.2. The van der Waals surface area contributed by atoms with Crippen molar-refractivity contribution in [3.8, 4) is 10.6 Å². The molecule has 3 atom stereocenters. The Morgan fingerprint density at radius 1 is 1.19 bits per heavy atom. The second-order valence-corrected chi connectivity index (χ2v) is 15.5. The molecule has 1 saturated heterocycles. The number of ether oxygens (including phenoxy) is 1. The number of nitrogens with zero attached hydrogens (tertiary/aromatic N) is 7. The van der Waals surface area contributed by atoms with E-state index in [2.05, 4.69) is 38.0 Å². The maximum Gasteiger partial charge on any atom is 0.270 e. The number of nitrogens with two attached hydrogens (primary N) is 1. The number of hydrogen-bond acceptors (Lipinski definition) is 11. The minimum absolute atomic E-state index is 0.0785. The van der Waals surface area contributed by atoms with Gasteiger partial charge in [0, 0.05) is 57.5 Å². The molecule has 0 spiro atoms. The van der Waals surface area contributed by atoms with Gasteiger partial charge < -0.3 is 20.7 Å². The molecule has 2 aliphatic rings. The first-order valence-corrected chi connectivity index (χ1v) is 18.4. The Morgan fingerprint density at radius 2 is 2.09 bits per heavy atom. The molecule has 6 aromatic rings. The van der Waals surface area contributed by atoms with Crippen molar-refractivity contribution in [3.63, 3.8) is 0 Å². The maximum absolute atomic E-state index is 14.0. The summed E-state index contributed by atoms with van der Waals surface area (Å²) in [6, 6.07) is 6.25. The number of aryl methyl sites for hydroxylation is 1. The number of rotatable bonds is 7. The zero-order valence-corrected chi connectivity index (χ0v) is 28.7. The van der Waals surface area contributed by atoms with E-state index < -0.39 is 11.9 Å². The highest BCUT2D eigenvalue weighted by Crippen LogP contribution is 2.41. The fourth-order valence-corrected chi connectivity index (χ4v) is 10.2. The van der Waals surface area contributed by atoms with E-state index in [1.165, 1.54) is 30.3 Å². The van der Waals surface area contributed by atoms with Crippen LogP contribution in [-0.4, -0.2) is 82.9 Å². The molecule has 1 aliphatic carbocycles. The zero-order chi connectivity index (χ0) is 32.2. The summed E-state index contributed by atoms with van der Waals surface area (Å²) in [6.45, 7) is 3.14. The first kappa shape index (κ1) is 30.5. The highest BCUT2D eigenvalue weighted by atomic mass is 32.1. The zero-order valence-electron chi connectivity index (χ0n) is 25.4. The number of thiocarbonyl (C=S) groups is 1. The molecule has 242 valence electrons. The van der Waals surface area contributed by atoms with Crippen LogP contribution in [0.2, 0.25) is 0 Å². The van der Waals surface area contributed by atoms with Crippen LogP contribution in [0, 0.1) is 6.92 Å². The fraction of sp³-hybridized carbons (Fsp3) is 0.387. The summed E-state index contributed by atoms with van der Waals surface area (Å²) in [5.41, 5.74) is 8.51. The van der Waals surface area contributed by atoms with Gasteiger partial charge in [0.15, 0.2) is 17.0 Å². The van der Waals surface area contributed by atoms with Gasteiger partial charge in [-0.15, -0.1) is 34.0 Å². The molecule has 3 N–H and O–H groups in total. The second kappa shape index (κ2) is 12.3. The number of thiazole rings is 1. The molecule has 2 unspecified atom stereocenters. The van der Waals surface area contributed by atoms with Crippen LogP contribution in [0.3, 0.4) is 0 Å². The van der Waals surface area contributed by atoms with Gasteiger partial charge in [0.1, 0.15) is 27.3 Å². The molecule has 8 rings (SSSR count). The van der Waals surface area contributed by atoms with Gasteiger partial charge in [-0.1, -0.05) is 12.2 Å². The van der Waals surface area contributed by atoms with Gasteiger partial charge in [-0.3, -0.25) is 9.59 Å². The number of aromatic nitrogens is 6. The lowest BCUT2D eigenvalue weighted by Gasteiger charge is -2.31. The van der Waals surface area contributed by atoms with Crippen molar-refractivity contribution in [3.05, 3.63) is 52.2 Å². The largest absolute Gasteiger partial charge is 0.379 e. The molecule has 6 aromatic heterocycles. The molecule has 1 aliphatic heterocycles. The molecule has 2 fully saturated rings. The van der Waals surface area contributed by atoms with Crippen molar-refractivity contribution >= 4 is 88.4 Å². The number of amides is 2. The van der Waals surface area contributed by atoms with Gasteiger partial charge in [0.25, 0.3) is 5.91 Å². The SMILES string of the molecule is Cc1cc2ncc(-c3nc4c(s3)c(C(N)=O)nn4CC(=O)N3CCCOC[C@H]3C(=S)NC3CCC(c4cc5sccc5s4)C3)cn2n1. The summed E-state index contributed by atoms with van der Waals surface area (Å²) in [4.78, 5) is 39.5. The number of carbonyl (C=O) groups excluding carboxylic acids is 2. The smallest absolute Gasteiger partial charge is 0.270 e. The van der Waals surface area contributed by atoms with Gasteiger partial charge in [0.2, 0.25) is 5.91 Å². The van der Waals surface area contributed by atoms with Gasteiger partial charge in [-0.2, -0.15) is 10.2 Å². The van der Waals surface area contributed by atoms with Crippen molar-refractivity contribution in [2.75, 3.05) is 19.8 Å². The van der Waals surface area contributed by atoms with Crippen LogP contribution in [-0.2, 0) is 16.1 Å². The third-order valence-corrected chi connectivity index (χ3v) is 12.5. The summed E-state index contributed by atoms with van der Waals surface area (Å²) < 4.78 is 12.3. The Kier molecular flexibility index (Phi) is 7.99. The van der Waals surface area contributed by atoms with Crippen molar-refractivity contribution in [1.82, 2.24) is 39.6 Å². The average molecular weight is 706 g/mol. The molecule has 16 heteroatoms. The third kappa shape index (κ3) is 5.82.